The van der Waals surface area contributed by atoms with Crippen LogP contribution in [0.15, 0.2) is 36.4 Å². The van der Waals surface area contributed by atoms with Crippen LogP contribution in [0.1, 0.15) is 10.5 Å². The smallest absolute Gasteiger partial charge is 0.354 e. The summed E-state index contributed by atoms with van der Waals surface area (Å²) in [5.74, 6) is -0.593. The van der Waals surface area contributed by atoms with E-state index in [1.165, 1.54) is 18.2 Å². The number of aromatic amines is 1. The molecule has 5 atom stereocenters. The maximum atomic E-state index is 11.9. The fraction of sp³-hybridized carbons (Fsp3) is 0.333. The van der Waals surface area contributed by atoms with Crippen LogP contribution < -0.4 is 14.2 Å². The first-order valence-electron chi connectivity index (χ1n) is 11.3. The van der Waals surface area contributed by atoms with Gasteiger partial charge in [-0.05, 0) is 29.8 Å². The Bertz CT molecular complexity index is 1310. The van der Waals surface area contributed by atoms with Gasteiger partial charge < -0.3 is 49.6 Å². The second-order valence-corrected chi connectivity index (χ2v) is 8.48. The lowest BCUT2D eigenvalue weighted by atomic mass is 9.97. The molecule has 1 fully saturated rings. The number of aliphatic hydroxyl groups is 4. The van der Waals surface area contributed by atoms with Crippen LogP contribution in [0.5, 0.6) is 23.0 Å². The number of rotatable bonds is 6. The van der Waals surface area contributed by atoms with Crippen LogP contribution in [-0.2, 0) is 4.74 Å². The Hall–Kier alpha value is -3.88. The van der Waals surface area contributed by atoms with Crippen LogP contribution in [0.3, 0.4) is 0 Å². The molecule has 1 aromatic heterocycles. The lowest BCUT2D eigenvalue weighted by Gasteiger charge is -2.39. The van der Waals surface area contributed by atoms with E-state index in [0.29, 0.717) is 30.3 Å². The minimum atomic E-state index is -1.63. The van der Waals surface area contributed by atoms with Crippen LogP contribution in [-0.4, -0.2) is 97.3 Å². The van der Waals surface area contributed by atoms with E-state index >= 15 is 0 Å². The minimum absolute atomic E-state index is 0.0282. The van der Waals surface area contributed by atoms with E-state index in [1.54, 1.807) is 18.2 Å². The van der Waals surface area contributed by atoms with E-state index in [9.17, 15) is 35.4 Å². The molecule has 13 nitrogen and oxygen atoms in total. The first-order chi connectivity index (χ1) is 17.8. The Morgan fingerprint density at radius 3 is 2.49 bits per heavy atom. The van der Waals surface area contributed by atoms with Gasteiger partial charge in [0.25, 0.3) is 0 Å². The highest BCUT2D eigenvalue weighted by atomic mass is 16.7. The van der Waals surface area contributed by atoms with Crippen molar-refractivity contribution in [3.8, 4) is 45.4 Å². The molecule has 0 bridgehead atoms. The van der Waals surface area contributed by atoms with Gasteiger partial charge in [-0.3, -0.25) is 5.10 Å². The molecule has 3 aromatic rings. The number of carboxylic acid groups (broad SMARTS) is 1. The molecule has 0 aliphatic carbocycles. The Labute approximate surface area is 209 Å². The topological polar surface area (TPSA) is 204 Å². The molecule has 0 saturated carbocycles. The van der Waals surface area contributed by atoms with E-state index < -0.39 is 43.3 Å². The lowest BCUT2D eigenvalue weighted by Crippen LogP contribution is -2.60. The molecule has 0 unspecified atom stereocenters. The number of phenolic OH excluding ortho intramolecular Hbond substituents is 1. The molecule has 37 heavy (non-hydrogen) atoms. The number of nitrogens with one attached hydrogen (secondary N) is 1. The molecule has 0 amide bonds. The second-order valence-electron chi connectivity index (χ2n) is 8.48. The second kappa shape index (κ2) is 9.88. The maximum Gasteiger partial charge on any atom is 0.354 e. The summed E-state index contributed by atoms with van der Waals surface area (Å²) in [5, 5.41) is 66.5. The highest BCUT2D eigenvalue weighted by Crippen LogP contribution is 2.42. The third-order valence-electron chi connectivity index (χ3n) is 6.14. The number of carbonyl (C=O) groups is 1. The highest BCUT2D eigenvalue weighted by molar-refractivity contribution is 5.99. The number of aliphatic hydroxyl groups excluding tert-OH is 4. The average Bonchev–Trinajstić information content (AvgIpc) is 3.34. The van der Waals surface area contributed by atoms with E-state index in [4.69, 9.17) is 18.9 Å². The normalized spacial score (nSPS) is 25.0. The highest BCUT2D eigenvalue weighted by Gasteiger charge is 2.44. The van der Waals surface area contributed by atoms with Gasteiger partial charge in [-0.15, -0.1) is 0 Å². The molecular formula is C24H24N2O11. The van der Waals surface area contributed by atoms with Crippen LogP contribution in [0.2, 0.25) is 0 Å². The van der Waals surface area contributed by atoms with Crippen molar-refractivity contribution in [2.24, 2.45) is 0 Å². The number of aromatic hydroxyl groups is 1. The quantitative estimate of drug-likeness (QED) is 0.233. The molecule has 3 heterocycles. The number of nitrogens with zero attached hydrogens (tertiary/aromatic N) is 1. The zero-order valence-electron chi connectivity index (χ0n) is 19.1. The molecule has 2 aliphatic heterocycles. The summed E-state index contributed by atoms with van der Waals surface area (Å²) in [4.78, 5) is 11.9. The number of ether oxygens (including phenoxy) is 4. The molecule has 7 N–H and O–H groups in total. The van der Waals surface area contributed by atoms with Gasteiger partial charge in [0.1, 0.15) is 54.8 Å². The van der Waals surface area contributed by atoms with Crippen molar-refractivity contribution in [3.63, 3.8) is 0 Å². The van der Waals surface area contributed by atoms with E-state index in [-0.39, 0.29) is 34.0 Å². The molecule has 0 radical (unpaired) electrons. The van der Waals surface area contributed by atoms with Crippen molar-refractivity contribution in [3.05, 3.63) is 42.1 Å². The number of phenols is 1. The van der Waals surface area contributed by atoms with Crippen LogP contribution in [0.25, 0.3) is 22.4 Å². The first-order valence-corrected chi connectivity index (χ1v) is 11.3. The van der Waals surface area contributed by atoms with Crippen molar-refractivity contribution in [2.75, 3.05) is 19.8 Å². The van der Waals surface area contributed by atoms with Gasteiger partial charge in [0.05, 0.1) is 6.61 Å². The SMILES string of the molecule is O=C(O)c1[nH]nc(-c2ccc(O[C@@H]3O[C@H](CO)[C@@H](O)[C@H](O)[C@H]3O)cc2O)c1-c1ccc2c(c1)OCCO2. The van der Waals surface area contributed by atoms with Crippen molar-refractivity contribution < 1.29 is 54.4 Å². The number of benzene rings is 2. The van der Waals surface area contributed by atoms with Gasteiger partial charge in [-0.1, -0.05) is 6.07 Å². The average molecular weight is 516 g/mol. The summed E-state index contributed by atoms with van der Waals surface area (Å²) >= 11 is 0. The number of carboxylic acids is 1. The molecule has 1 saturated heterocycles. The fourth-order valence-corrected chi connectivity index (χ4v) is 4.26. The van der Waals surface area contributed by atoms with E-state index in [0.717, 1.165) is 0 Å². The van der Waals surface area contributed by atoms with Crippen molar-refractivity contribution in [2.45, 2.75) is 30.7 Å². The number of fused-ring (bicyclic) bond motifs is 1. The van der Waals surface area contributed by atoms with Crippen LogP contribution in [0.4, 0.5) is 0 Å². The third-order valence-corrected chi connectivity index (χ3v) is 6.14. The van der Waals surface area contributed by atoms with Gasteiger partial charge in [0.15, 0.2) is 17.2 Å². The number of aromatic carboxylic acids is 1. The van der Waals surface area contributed by atoms with Crippen molar-refractivity contribution in [1.82, 2.24) is 10.2 Å². The predicted octanol–water partition coefficient (Wildman–Crippen LogP) is 0.0974. The van der Waals surface area contributed by atoms with Gasteiger partial charge in [-0.25, -0.2) is 4.79 Å². The summed E-state index contributed by atoms with van der Waals surface area (Å²) in [6.07, 6.45) is -7.42. The Morgan fingerprint density at radius 1 is 1.03 bits per heavy atom. The molecule has 0 spiro atoms. The lowest BCUT2D eigenvalue weighted by molar-refractivity contribution is -0.277. The van der Waals surface area contributed by atoms with Gasteiger partial charge >= 0.3 is 5.97 Å². The van der Waals surface area contributed by atoms with Gasteiger partial charge in [-0.2, -0.15) is 5.10 Å². The summed E-state index contributed by atoms with van der Waals surface area (Å²) < 4.78 is 22.0. The minimum Gasteiger partial charge on any atom is -0.507 e. The van der Waals surface area contributed by atoms with Gasteiger partial charge in [0.2, 0.25) is 6.29 Å². The fourth-order valence-electron chi connectivity index (χ4n) is 4.26. The molecule has 2 aliphatic rings. The molecule has 2 aromatic carbocycles. The van der Waals surface area contributed by atoms with Crippen molar-refractivity contribution in [1.29, 1.82) is 0 Å². The Kier molecular flexibility index (Phi) is 6.62. The summed E-state index contributed by atoms with van der Waals surface area (Å²) in [7, 11) is 0. The van der Waals surface area contributed by atoms with Gasteiger partial charge in [0, 0.05) is 17.2 Å². The number of aromatic nitrogens is 2. The summed E-state index contributed by atoms with van der Waals surface area (Å²) in [6.45, 7) is 0.120. The number of H-pyrrole nitrogens is 1. The number of hydrogen-bond acceptors (Lipinski definition) is 11. The first kappa shape index (κ1) is 24.8. The zero-order valence-corrected chi connectivity index (χ0v) is 19.1. The van der Waals surface area contributed by atoms with E-state index in [1.807, 2.05) is 0 Å². The third kappa shape index (κ3) is 4.54. The maximum absolute atomic E-state index is 11.9. The summed E-state index contributed by atoms with van der Waals surface area (Å²) in [5.41, 5.74) is 0.794. The monoisotopic (exact) mass is 516 g/mol. The number of hydrogen-bond donors (Lipinski definition) is 7. The Balaban J connectivity index is 1.47. The molecule has 13 heteroatoms. The Morgan fingerprint density at radius 2 is 1.78 bits per heavy atom. The van der Waals surface area contributed by atoms with Crippen molar-refractivity contribution >= 4 is 5.97 Å². The molecule has 196 valence electrons. The van der Waals surface area contributed by atoms with Crippen LogP contribution >= 0.6 is 0 Å². The summed E-state index contributed by atoms with van der Waals surface area (Å²) in [6, 6.07) is 8.98. The molecular weight excluding hydrogens is 492 g/mol. The van der Waals surface area contributed by atoms with E-state index in [2.05, 4.69) is 10.2 Å². The predicted molar refractivity (Wildman–Crippen MR) is 123 cm³/mol. The molecule has 5 rings (SSSR count). The largest absolute Gasteiger partial charge is 0.507 e. The zero-order chi connectivity index (χ0) is 26.3. The standard InChI is InChI=1S/C24H24N2O11/c27-9-16-20(29)21(30)22(31)24(37-16)36-11-2-3-12(13(28)8-11)18-17(19(23(32)33)26-25-18)10-1-4-14-15(7-10)35-6-5-34-14/h1-4,7-8,16,20-22,24,27-31H,5-6,9H2,(H,25,26)(H,32,33)/t16-,20-,21+,22-,24-/m1/s1. The van der Waals surface area contributed by atoms with Crippen LogP contribution in [0, 0.1) is 0 Å².